The Hall–Kier alpha value is -3.60. The molecule has 2 heterocycles. The second-order valence-corrected chi connectivity index (χ2v) is 5.51. The Morgan fingerprint density at radius 1 is 1.32 bits per heavy atom. The van der Waals surface area contributed by atoms with Crippen molar-refractivity contribution in [3.8, 4) is 6.07 Å². The third-order valence-electron chi connectivity index (χ3n) is 3.97. The summed E-state index contributed by atoms with van der Waals surface area (Å²) in [5.74, 6) is -1.65. The maximum absolute atomic E-state index is 12.7. The molecule has 8 heteroatoms. The standard InChI is InChI=1S/C17H13N3O5/c1-10-13-9-25-14(16(22)23)8-19(13)17(24)20(15(10)21)7-12-4-2-11(6-18)3-5-12/h2-5,8H,7,9H2,1H3,(H,22,23). The summed E-state index contributed by atoms with van der Waals surface area (Å²) in [5, 5.41) is 17.8. The minimum atomic E-state index is -1.29. The number of hydrogen-bond donors (Lipinski definition) is 1. The van der Waals surface area contributed by atoms with Gasteiger partial charge in [0, 0.05) is 5.56 Å². The van der Waals surface area contributed by atoms with Gasteiger partial charge in [-0.2, -0.15) is 5.26 Å². The van der Waals surface area contributed by atoms with E-state index >= 15 is 0 Å². The highest BCUT2D eigenvalue weighted by Gasteiger charge is 2.23. The van der Waals surface area contributed by atoms with Crippen LogP contribution in [0.15, 0.2) is 39.6 Å². The lowest BCUT2D eigenvalue weighted by Gasteiger charge is -2.20. The molecule has 1 N–H and O–H groups in total. The van der Waals surface area contributed by atoms with Crippen molar-refractivity contribution in [2.45, 2.75) is 20.1 Å². The van der Waals surface area contributed by atoms with Gasteiger partial charge < -0.3 is 9.84 Å². The Balaban J connectivity index is 2.13. The SMILES string of the molecule is Cc1c2n(c(=O)n(Cc3ccc(C#N)cc3)c1=O)C=C(C(=O)O)OC2. The van der Waals surface area contributed by atoms with E-state index < -0.39 is 17.2 Å². The van der Waals surface area contributed by atoms with Crippen molar-refractivity contribution in [3.63, 3.8) is 0 Å². The molecule has 0 saturated heterocycles. The molecule has 0 amide bonds. The van der Waals surface area contributed by atoms with Crippen LogP contribution >= 0.6 is 0 Å². The second-order valence-electron chi connectivity index (χ2n) is 5.51. The highest BCUT2D eigenvalue weighted by atomic mass is 16.5. The number of carboxylic acids is 1. The molecular weight excluding hydrogens is 326 g/mol. The molecule has 8 nitrogen and oxygen atoms in total. The molecule has 126 valence electrons. The van der Waals surface area contributed by atoms with Crippen molar-refractivity contribution in [1.82, 2.24) is 9.13 Å². The van der Waals surface area contributed by atoms with Crippen LogP contribution in [0.25, 0.3) is 6.20 Å². The first-order valence-corrected chi connectivity index (χ1v) is 7.34. The van der Waals surface area contributed by atoms with Crippen molar-refractivity contribution >= 4 is 12.2 Å². The van der Waals surface area contributed by atoms with E-state index in [0.717, 1.165) is 15.3 Å². The van der Waals surface area contributed by atoms with Gasteiger partial charge in [0.25, 0.3) is 5.56 Å². The van der Waals surface area contributed by atoms with Gasteiger partial charge in [0.15, 0.2) is 0 Å². The number of benzene rings is 1. The first-order valence-electron chi connectivity index (χ1n) is 7.34. The van der Waals surface area contributed by atoms with Crippen LogP contribution in [0.1, 0.15) is 22.4 Å². The zero-order valence-corrected chi connectivity index (χ0v) is 13.2. The third-order valence-corrected chi connectivity index (χ3v) is 3.97. The van der Waals surface area contributed by atoms with Gasteiger partial charge in [-0.25, -0.2) is 9.59 Å². The Bertz CT molecular complexity index is 1050. The normalized spacial score (nSPS) is 12.6. The van der Waals surface area contributed by atoms with Crippen LogP contribution in [-0.2, 0) is 22.7 Å². The topological polar surface area (TPSA) is 114 Å². The van der Waals surface area contributed by atoms with Crippen LogP contribution in [0, 0.1) is 18.3 Å². The molecule has 0 fully saturated rings. The maximum Gasteiger partial charge on any atom is 0.372 e. The molecule has 0 radical (unpaired) electrons. The van der Waals surface area contributed by atoms with Crippen LogP contribution in [-0.4, -0.2) is 20.2 Å². The molecule has 0 spiro atoms. The highest BCUT2D eigenvalue weighted by molar-refractivity contribution is 5.88. The lowest BCUT2D eigenvalue weighted by molar-refractivity contribution is -0.136. The van der Waals surface area contributed by atoms with E-state index in [4.69, 9.17) is 15.1 Å². The monoisotopic (exact) mass is 339 g/mol. The van der Waals surface area contributed by atoms with Gasteiger partial charge in [-0.15, -0.1) is 0 Å². The Morgan fingerprint density at radius 2 is 2.00 bits per heavy atom. The largest absolute Gasteiger partial charge is 0.479 e. The minimum Gasteiger partial charge on any atom is -0.479 e. The molecule has 0 unspecified atom stereocenters. The lowest BCUT2D eigenvalue weighted by Crippen LogP contribution is -2.43. The zero-order valence-electron chi connectivity index (χ0n) is 13.2. The predicted molar refractivity (Wildman–Crippen MR) is 86.7 cm³/mol. The summed E-state index contributed by atoms with van der Waals surface area (Å²) >= 11 is 0. The number of aliphatic carboxylic acids is 1. The van der Waals surface area contributed by atoms with Gasteiger partial charge in [-0.05, 0) is 24.6 Å². The fourth-order valence-corrected chi connectivity index (χ4v) is 2.57. The predicted octanol–water partition coefficient (Wildman–Crippen LogP) is 0.652. The van der Waals surface area contributed by atoms with E-state index in [2.05, 4.69) is 0 Å². The zero-order chi connectivity index (χ0) is 18.1. The van der Waals surface area contributed by atoms with Crippen LogP contribution in [0.2, 0.25) is 0 Å². The molecule has 0 bridgehead atoms. The van der Waals surface area contributed by atoms with Gasteiger partial charge in [0.1, 0.15) is 6.61 Å². The summed E-state index contributed by atoms with van der Waals surface area (Å²) in [6, 6.07) is 8.50. The fourth-order valence-electron chi connectivity index (χ4n) is 2.57. The average Bonchev–Trinajstić information content (AvgIpc) is 2.63. The lowest BCUT2D eigenvalue weighted by atomic mass is 10.1. The Kier molecular flexibility index (Phi) is 3.99. The summed E-state index contributed by atoms with van der Waals surface area (Å²) in [4.78, 5) is 36.2. The van der Waals surface area contributed by atoms with E-state index in [1.54, 1.807) is 31.2 Å². The van der Waals surface area contributed by atoms with Crippen molar-refractivity contribution < 1.29 is 14.6 Å². The third kappa shape index (κ3) is 2.83. The molecule has 0 saturated carbocycles. The molecule has 1 aliphatic rings. The van der Waals surface area contributed by atoms with Gasteiger partial charge in [0.2, 0.25) is 5.76 Å². The van der Waals surface area contributed by atoms with E-state index in [-0.39, 0.29) is 18.9 Å². The molecule has 0 atom stereocenters. The molecule has 1 aliphatic heterocycles. The molecule has 0 aliphatic carbocycles. The van der Waals surface area contributed by atoms with Crippen molar-refractivity contribution in [2.75, 3.05) is 0 Å². The van der Waals surface area contributed by atoms with Crippen LogP contribution < -0.4 is 11.2 Å². The van der Waals surface area contributed by atoms with Crippen molar-refractivity contribution in [2.24, 2.45) is 0 Å². The number of aromatic nitrogens is 2. The van der Waals surface area contributed by atoms with Crippen LogP contribution in [0.5, 0.6) is 0 Å². The number of fused-ring (bicyclic) bond motifs is 1. The van der Waals surface area contributed by atoms with E-state index in [1.165, 1.54) is 0 Å². The minimum absolute atomic E-state index is 0.0155. The van der Waals surface area contributed by atoms with E-state index in [0.29, 0.717) is 22.4 Å². The van der Waals surface area contributed by atoms with E-state index in [1.807, 2.05) is 6.07 Å². The first-order chi connectivity index (χ1) is 11.9. The molecule has 25 heavy (non-hydrogen) atoms. The van der Waals surface area contributed by atoms with Gasteiger partial charge in [-0.1, -0.05) is 12.1 Å². The summed E-state index contributed by atoms with van der Waals surface area (Å²) in [5.41, 5.74) is 0.687. The number of carbonyl (C=O) groups is 1. The molecule has 1 aromatic heterocycles. The number of hydrogen-bond acceptors (Lipinski definition) is 5. The number of carboxylic acid groups (broad SMARTS) is 1. The van der Waals surface area contributed by atoms with Crippen molar-refractivity contribution in [3.05, 3.63) is 73.2 Å². The van der Waals surface area contributed by atoms with Crippen LogP contribution in [0.4, 0.5) is 0 Å². The molecule has 2 aromatic rings. The van der Waals surface area contributed by atoms with Gasteiger partial charge >= 0.3 is 11.7 Å². The quantitative estimate of drug-likeness (QED) is 0.878. The summed E-state index contributed by atoms with van der Waals surface area (Å²) < 4.78 is 7.22. The van der Waals surface area contributed by atoms with Gasteiger partial charge in [0.05, 0.1) is 30.1 Å². The summed E-state index contributed by atoms with van der Waals surface area (Å²) in [6.45, 7) is 1.42. The Morgan fingerprint density at radius 3 is 2.60 bits per heavy atom. The number of nitrogens with zero attached hydrogens (tertiary/aromatic N) is 3. The smallest absolute Gasteiger partial charge is 0.372 e. The number of nitriles is 1. The highest BCUT2D eigenvalue weighted by Crippen LogP contribution is 2.15. The maximum atomic E-state index is 12.7. The molecular formula is C17H13N3O5. The summed E-state index contributed by atoms with van der Waals surface area (Å²) in [6.07, 6.45) is 1.07. The first kappa shape index (κ1) is 16.3. The fraction of sp³-hybridized carbons (Fsp3) is 0.176. The average molecular weight is 339 g/mol. The summed E-state index contributed by atoms with van der Waals surface area (Å²) in [7, 11) is 0. The van der Waals surface area contributed by atoms with Crippen LogP contribution in [0.3, 0.4) is 0 Å². The number of rotatable bonds is 3. The van der Waals surface area contributed by atoms with Crippen molar-refractivity contribution in [1.29, 1.82) is 5.26 Å². The molecule has 3 rings (SSSR count). The Labute approximate surface area is 141 Å². The van der Waals surface area contributed by atoms with E-state index in [9.17, 15) is 14.4 Å². The molecule has 1 aromatic carbocycles. The second kappa shape index (κ2) is 6.13. The number of ether oxygens (including phenoxy) is 1. The van der Waals surface area contributed by atoms with Gasteiger partial charge in [-0.3, -0.25) is 13.9 Å².